The number of hydrogen-bond donors (Lipinski definition) is 0. The minimum absolute atomic E-state index is 0.0770. The van der Waals surface area contributed by atoms with Crippen LogP contribution in [0.25, 0.3) is 0 Å². The molecule has 0 bridgehead atoms. The standard InChI is InChI=1S/C69H118O6/c1-4-7-10-13-16-19-21-23-25-27-29-31-33-34-36-37-39-41-43-45-47-50-53-56-59-62-68(71)74-65-66(64-73-67(70)61-58-55-52-49-18-15-12-9-6-3)75-69(72)63-60-57-54-51-48-46-44-42-40-38-35-32-30-28-26-24-22-20-17-14-11-8-5-2/h7-8,10-11,16-17,19-20,23-26,29-32,66H,4-6,9,12-15,18,21-22,27-28,33-65H2,1-3H3/b10-7-,11-8-,19-16-,20-17-,25-23-,26-24-,31-29-,32-30-. The SMILES string of the molecule is CC/C=C\C/C=C\C/C=C\C/C=C\CCCCCCCCCCCCCCC(=O)OCC(COC(=O)CCCCCCCCCCC)OC(=O)CCCCCCCCCCCC/C=C\C/C=C\C/C=C\C/C=C\CC. The lowest BCUT2D eigenvalue weighted by atomic mass is 10.0. The van der Waals surface area contributed by atoms with E-state index in [0.717, 1.165) is 109 Å². The Morgan fingerprint density at radius 1 is 0.280 bits per heavy atom. The maximum absolute atomic E-state index is 12.9. The van der Waals surface area contributed by atoms with Crippen molar-refractivity contribution in [3.8, 4) is 0 Å². The second-order valence-electron chi connectivity index (χ2n) is 20.9. The van der Waals surface area contributed by atoms with E-state index in [-0.39, 0.29) is 31.1 Å². The number of carbonyl (C=O) groups is 3. The molecule has 0 aliphatic heterocycles. The van der Waals surface area contributed by atoms with Crippen LogP contribution in [0.15, 0.2) is 97.2 Å². The van der Waals surface area contributed by atoms with Crippen molar-refractivity contribution in [2.45, 2.75) is 309 Å². The van der Waals surface area contributed by atoms with E-state index in [2.05, 4.69) is 118 Å². The Morgan fingerprint density at radius 2 is 0.520 bits per heavy atom. The number of allylic oxidation sites excluding steroid dienone is 16. The molecule has 0 radical (unpaired) electrons. The monoisotopic (exact) mass is 1040 g/mol. The van der Waals surface area contributed by atoms with Crippen LogP contribution < -0.4 is 0 Å². The summed E-state index contributed by atoms with van der Waals surface area (Å²) in [7, 11) is 0. The fourth-order valence-corrected chi connectivity index (χ4v) is 8.90. The van der Waals surface area contributed by atoms with E-state index in [1.54, 1.807) is 0 Å². The summed E-state index contributed by atoms with van der Waals surface area (Å²) in [5, 5.41) is 0. The third-order valence-electron chi connectivity index (χ3n) is 13.6. The molecular formula is C69H118O6. The van der Waals surface area contributed by atoms with Crippen LogP contribution >= 0.6 is 0 Å². The van der Waals surface area contributed by atoms with Gasteiger partial charge in [0.25, 0.3) is 0 Å². The van der Waals surface area contributed by atoms with Gasteiger partial charge >= 0.3 is 17.9 Å². The maximum atomic E-state index is 12.9. The summed E-state index contributed by atoms with van der Waals surface area (Å²) in [5.41, 5.74) is 0. The van der Waals surface area contributed by atoms with E-state index < -0.39 is 6.10 Å². The minimum Gasteiger partial charge on any atom is -0.462 e. The number of rotatable bonds is 57. The van der Waals surface area contributed by atoms with Crippen LogP contribution in [-0.2, 0) is 28.6 Å². The molecule has 0 spiro atoms. The molecule has 0 aromatic rings. The Hall–Kier alpha value is -3.67. The second kappa shape index (κ2) is 62.9. The molecule has 0 aliphatic carbocycles. The first-order valence-corrected chi connectivity index (χ1v) is 31.7. The van der Waals surface area contributed by atoms with Gasteiger partial charge < -0.3 is 14.2 Å². The molecule has 0 fully saturated rings. The highest BCUT2D eigenvalue weighted by Gasteiger charge is 2.19. The van der Waals surface area contributed by atoms with E-state index in [9.17, 15) is 14.4 Å². The van der Waals surface area contributed by atoms with E-state index >= 15 is 0 Å². The molecule has 0 saturated carbocycles. The highest BCUT2D eigenvalue weighted by molar-refractivity contribution is 5.71. The zero-order valence-corrected chi connectivity index (χ0v) is 49.3. The molecule has 75 heavy (non-hydrogen) atoms. The number of esters is 3. The molecule has 0 saturated heterocycles. The Balaban J connectivity index is 4.22. The van der Waals surface area contributed by atoms with E-state index in [1.165, 1.54) is 154 Å². The summed E-state index contributed by atoms with van der Waals surface area (Å²) < 4.78 is 16.9. The average molecular weight is 1040 g/mol. The molecule has 0 amide bonds. The first-order valence-electron chi connectivity index (χ1n) is 31.7. The fourth-order valence-electron chi connectivity index (χ4n) is 8.90. The fraction of sp³-hybridized carbons (Fsp3) is 0.725. The van der Waals surface area contributed by atoms with Crippen molar-refractivity contribution in [3.63, 3.8) is 0 Å². The average Bonchev–Trinajstić information content (AvgIpc) is 3.41. The summed E-state index contributed by atoms with van der Waals surface area (Å²) in [5.74, 6) is -0.876. The van der Waals surface area contributed by atoms with Crippen LogP contribution in [0.4, 0.5) is 0 Å². The minimum atomic E-state index is -0.779. The predicted molar refractivity (Wildman–Crippen MR) is 325 cm³/mol. The molecular weight excluding hydrogens is 925 g/mol. The molecule has 0 aromatic carbocycles. The smallest absolute Gasteiger partial charge is 0.306 e. The first-order chi connectivity index (χ1) is 37.0. The molecule has 0 rings (SSSR count). The largest absolute Gasteiger partial charge is 0.462 e. The van der Waals surface area contributed by atoms with E-state index in [1.807, 2.05) is 0 Å². The number of carbonyl (C=O) groups excluding carboxylic acids is 3. The summed E-state index contributed by atoms with van der Waals surface area (Å²) >= 11 is 0. The third kappa shape index (κ3) is 61.1. The summed E-state index contributed by atoms with van der Waals surface area (Å²) in [6, 6.07) is 0. The molecule has 0 heterocycles. The summed E-state index contributed by atoms with van der Waals surface area (Å²) in [6.45, 7) is 6.42. The molecule has 0 N–H and O–H groups in total. The number of unbranched alkanes of at least 4 members (excludes halogenated alkanes) is 30. The van der Waals surface area contributed by atoms with Crippen LogP contribution in [0.1, 0.15) is 303 Å². The molecule has 430 valence electrons. The zero-order chi connectivity index (χ0) is 54.3. The highest BCUT2D eigenvalue weighted by atomic mass is 16.6. The van der Waals surface area contributed by atoms with Gasteiger partial charge in [-0.25, -0.2) is 0 Å². The lowest BCUT2D eigenvalue weighted by Crippen LogP contribution is -2.30. The quantitative estimate of drug-likeness (QED) is 0.0261. The van der Waals surface area contributed by atoms with Crippen molar-refractivity contribution in [2.24, 2.45) is 0 Å². The molecule has 0 aromatic heterocycles. The van der Waals surface area contributed by atoms with Crippen molar-refractivity contribution in [2.75, 3.05) is 13.2 Å². The molecule has 0 aliphatic rings. The van der Waals surface area contributed by atoms with E-state index in [4.69, 9.17) is 14.2 Å². The van der Waals surface area contributed by atoms with Gasteiger partial charge in [0.15, 0.2) is 6.10 Å². The van der Waals surface area contributed by atoms with Gasteiger partial charge in [-0.15, -0.1) is 0 Å². The van der Waals surface area contributed by atoms with Gasteiger partial charge in [-0.1, -0.05) is 285 Å². The van der Waals surface area contributed by atoms with Crippen molar-refractivity contribution in [3.05, 3.63) is 97.2 Å². The van der Waals surface area contributed by atoms with Crippen molar-refractivity contribution < 1.29 is 28.6 Å². The topological polar surface area (TPSA) is 78.9 Å². The highest BCUT2D eigenvalue weighted by Crippen LogP contribution is 2.16. The van der Waals surface area contributed by atoms with Crippen LogP contribution in [-0.4, -0.2) is 37.2 Å². The molecule has 6 heteroatoms. The van der Waals surface area contributed by atoms with Crippen molar-refractivity contribution >= 4 is 17.9 Å². The first kappa shape index (κ1) is 71.3. The second-order valence-corrected chi connectivity index (χ2v) is 20.9. The van der Waals surface area contributed by atoms with Gasteiger partial charge in [-0.05, 0) is 96.3 Å². The zero-order valence-electron chi connectivity index (χ0n) is 49.3. The Labute approximate surface area is 464 Å². The van der Waals surface area contributed by atoms with Gasteiger partial charge in [-0.2, -0.15) is 0 Å². The Bertz CT molecular complexity index is 1480. The molecule has 1 atom stereocenters. The predicted octanol–water partition coefficient (Wildman–Crippen LogP) is 21.7. The van der Waals surface area contributed by atoms with Crippen LogP contribution in [0, 0.1) is 0 Å². The van der Waals surface area contributed by atoms with Crippen LogP contribution in [0.3, 0.4) is 0 Å². The van der Waals surface area contributed by atoms with Gasteiger partial charge in [0.05, 0.1) is 0 Å². The maximum Gasteiger partial charge on any atom is 0.306 e. The molecule has 6 nitrogen and oxygen atoms in total. The van der Waals surface area contributed by atoms with Crippen molar-refractivity contribution in [1.82, 2.24) is 0 Å². The van der Waals surface area contributed by atoms with Crippen molar-refractivity contribution in [1.29, 1.82) is 0 Å². The van der Waals surface area contributed by atoms with Gasteiger partial charge in [-0.3, -0.25) is 14.4 Å². The van der Waals surface area contributed by atoms with Crippen LogP contribution in [0.5, 0.6) is 0 Å². The number of hydrogen-bond acceptors (Lipinski definition) is 6. The summed E-state index contributed by atoms with van der Waals surface area (Å²) in [6.07, 6.45) is 84.2. The van der Waals surface area contributed by atoms with Gasteiger partial charge in [0.2, 0.25) is 0 Å². The summed E-state index contributed by atoms with van der Waals surface area (Å²) in [4.78, 5) is 38.2. The normalized spacial score (nSPS) is 12.7. The van der Waals surface area contributed by atoms with E-state index in [0.29, 0.717) is 19.3 Å². The van der Waals surface area contributed by atoms with Gasteiger partial charge in [0.1, 0.15) is 13.2 Å². The Morgan fingerprint density at radius 3 is 0.813 bits per heavy atom. The number of ether oxygens (including phenoxy) is 3. The van der Waals surface area contributed by atoms with Crippen LogP contribution in [0.2, 0.25) is 0 Å². The van der Waals surface area contributed by atoms with Gasteiger partial charge in [0, 0.05) is 19.3 Å². The lowest BCUT2D eigenvalue weighted by Gasteiger charge is -2.18. The lowest BCUT2D eigenvalue weighted by molar-refractivity contribution is -0.167. The Kier molecular flexibility index (Phi) is 59.8. The third-order valence-corrected chi connectivity index (χ3v) is 13.6. The molecule has 1 unspecified atom stereocenters.